The number of rotatable bonds is 5. The van der Waals surface area contributed by atoms with Crippen molar-refractivity contribution in [1.82, 2.24) is 15.3 Å². The number of amides is 1. The van der Waals surface area contributed by atoms with Crippen molar-refractivity contribution >= 4 is 23.5 Å². The maximum absolute atomic E-state index is 12.8. The van der Waals surface area contributed by atoms with Gasteiger partial charge in [0, 0.05) is 18.3 Å². The Labute approximate surface area is 132 Å². The van der Waals surface area contributed by atoms with Gasteiger partial charge in [-0.15, -0.1) is 0 Å². The molecular weight excluding hydrogens is 303 g/mol. The first kappa shape index (κ1) is 16.2. The Morgan fingerprint density at radius 1 is 1.36 bits per heavy atom. The number of nitrogen functional groups attached to an aromatic ring is 1. The second-order valence-electron chi connectivity index (χ2n) is 4.82. The van der Waals surface area contributed by atoms with Crippen LogP contribution in [0.1, 0.15) is 18.2 Å². The van der Waals surface area contributed by atoms with Gasteiger partial charge < -0.3 is 11.1 Å². The van der Waals surface area contributed by atoms with Gasteiger partial charge in [-0.3, -0.25) is 4.79 Å². The molecule has 5 nitrogen and oxygen atoms in total. The summed E-state index contributed by atoms with van der Waals surface area (Å²) in [5.41, 5.74) is 7.26. The van der Waals surface area contributed by atoms with Crippen LogP contribution in [-0.2, 0) is 11.3 Å². The third-order valence-corrected chi connectivity index (χ3v) is 3.85. The van der Waals surface area contributed by atoms with Gasteiger partial charge in [-0.25, -0.2) is 14.4 Å². The number of halogens is 1. The lowest BCUT2D eigenvalue weighted by molar-refractivity contribution is -0.120. The predicted octanol–water partition coefficient (Wildman–Crippen LogP) is 2.30. The summed E-state index contributed by atoms with van der Waals surface area (Å²) in [6, 6.07) is 7.67. The van der Waals surface area contributed by atoms with Gasteiger partial charge in [-0.2, -0.15) is 0 Å². The first-order valence-corrected chi connectivity index (χ1v) is 7.62. The Hall–Kier alpha value is -2.15. The molecule has 0 aliphatic carbocycles. The Morgan fingerprint density at radius 2 is 2.05 bits per heavy atom. The zero-order valence-electron chi connectivity index (χ0n) is 12.3. The van der Waals surface area contributed by atoms with Crippen LogP contribution in [0.3, 0.4) is 0 Å². The van der Waals surface area contributed by atoms with Gasteiger partial charge in [0.1, 0.15) is 11.6 Å². The van der Waals surface area contributed by atoms with Crippen molar-refractivity contribution in [1.29, 1.82) is 0 Å². The predicted molar refractivity (Wildman–Crippen MR) is 84.7 cm³/mol. The van der Waals surface area contributed by atoms with E-state index in [2.05, 4.69) is 15.3 Å². The molecule has 1 aromatic heterocycles. The fraction of sp³-hybridized carbons (Fsp3) is 0.267. The molecule has 0 aliphatic heterocycles. The molecule has 22 heavy (non-hydrogen) atoms. The molecule has 0 spiro atoms. The second-order valence-corrected chi connectivity index (χ2v) is 6.13. The molecule has 0 fully saturated rings. The highest BCUT2D eigenvalue weighted by Gasteiger charge is 2.16. The number of anilines is 1. The standard InChI is InChI=1S/C15H17FN4OS/c1-9-7-13(17)20-15(19-9)22-10(2)14(21)18-8-11-3-5-12(16)6-4-11/h3-7,10H,8H2,1-2H3,(H,18,21)(H2,17,19,20). The van der Waals surface area contributed by atoms with E-state index in [0.29, 0.717) is 17.5 Å². The molecule has 1 amide bonds. The molecule has 2 aromatic rings. The second kappa shape index (κ2) is 7.22. The van der Waals surface area contributed by atoms with Gasteiger partial charge in [0.15, 0.2) is 5.16 Å². The van der Waals surface area contributed by atoms with Crippen molar-refractivity contribution in [2.45, 2.75) is 30.8 Å². The van der Waals surface area contributed by atoms with Gasteiger partial charge >= 0.3 is 0 Å². The normalized spacial score (nSPS) is 12.0. The highest BCUT2D eigenvalue weighted by Crippen LogP contribution is 2.20. The fourth-order valence-corrected chi connectivity index (χ4v) is 2.63. The minimum atomic E-state index is -0.360. The van der Waals surface area contributed by atoms with Crippen molar-refractivity contribution < 1.29 is 9.18 Å². The summed E-state index contributed by atoms with van der Waals surface area (Å²) in [6.07, 6.45) is 0. The SMILES string of the molecule is Cc1cc(N)nc(SC(C)C(=O)NCc2ccc(F)cc2)n1. The van der Waals surface area contributed by atoms with E-state index < -0.39 is 0 Å². The topological polar surface area (TPSA) is 80.9 Å². The number of nitrogens with zero attached hydrogens (tertiary/aromatic N) is 2. The molecule has 0 radical (unpaired) electrons. The number of carbonyl (C=O) groups is 1. The molecule has 1 heterocycles. The summed E-state index contributed by atoms with van der Waals surface area (Å²) >= 11 is 1.24. The smallest absolute Gasteiger partial charge is 0.233 e. The average Bonchev–Trinajstić information content (AvgIpc) is 2.45. The minimum Gasteiger partial charge on any atom is -0.384 e. The summed E-state index contributed by atoms with van der Waals surface area (Å²) in [6.45, 7) is 3.94. The fourth-order valence-electron chi connectivity index (χ4n) is 1.76. The molecule has 1 atom stereocenters. The van der Waals surface area contributed by atoms with E-state index in [4.69, 9.17) is 5.73 Å². The van der Waals surface area contributed by atoms with Crippen LogP contribution in [-0.4, -0.2) is 21.1 Å². The van der Waals surface area contributed by atoms with E-state index in [1.807, 2.05) is 6.92 Å². The first-order chi connectivity index (χ1) is 10.4. The molecule has 1 unspecified atom stereocenters. The first-order valence-electron chi connectivity index (χ1n) is 6.74. The van der Waals surface area contributed by atoms with Crippen molar-refractivity contribution in [3.8, 4) is 0 Å². The van der Waals surface area contributed by atoms with Gasteiger partial charge in [-0.1, -0.05) is 23.9 Å². The van der Waals surface area contributed by atoms with Crippen molar-refractivity contribution in [2.75, 3.05) is 5.73 Å². The zero-order valence-corrected chi connectivity index (χ0v) is 13.2. The van der Waals surface area contributed by atoms with E-state index in [9.17, 15) is 9.18 Å². The average molecular weight is 320 g/mol. The number of aryl methyl sites for hydroxylation is 1. The van der Waals surface area contributed by atoms with Crippen LogP contribution in [0, 0.1) is 12.7 Å². The lowest BCUT2D eigenvalue weighted by Gasteiger charge is -2.11. The van der Waals surface area contributed by atoms with Crippen LogP contribution in [0.2, 0.25) is 0 Å². The molecular formula is C15H17FN4OS. The molecule has 1 aromatic carbocycles. The number of aromatic nitrogens is 2. The van der Waals surface area contributed by atoms with Gasteiger partial charge in [-0.05, 0) is 31.5 Å². The number of benzene rings is 1. The largest absolute Gasteiger partial charge is 0.384 e. The highest BCUT2D eigenvalue weighted by atomic mass is 32.2. The summed E-state index contributed by atoms with van der Waals surface area (Å²) in [5, 5.41) is 2.91. The number of thioether (sulfide) groups is 1. The maximum Gasteiger partial charge on any atom is 0.233 e. The van der Waals surface area contributed by atoms with Crippen molar-refractivity contribution in [3.63, 3.8) is 0 Å². The molecule has 0 aliphatic rings. The summed E-state index contributed by atoms with van der Waals surface area (Å²) in [4.78, 5) is 20.4. The minimum absolute atomic E-state index is 0.141. The Bertz CT molecular complexity index is 643. The van der Waals surface area contributed by atoms with E-state index in [1.54, 1.807) is 25.1 Å². The molecule has 0 saturated carbocycles. The third kappa shape index (κ3) is 4.70. The van der Waals surface area contributed by atoms with Crippen LogP contribution < -0.4 is 11.1 Å². The lowest BCUT2D eigenvalue weighted by Crippen LogP contribution is -2.30. The Kier molecular flexibility index (Phi) is 5.32. The molecule has 0 bridgehead atoms. The lowest BCUT2D eigenvalue weighted by atomic mass is 10.2. The Balaban J connectivity index is 1.90. The monoisotopic (exact) mass is 320 g/mol. The Morgan fingerprint density at radius 3 is 2.68 bits per heavy atom. The quantitative estimate of drug-likeness (QED) is 0.652. The molecule has 116 valence electrons. The highest BCUT2D eigenvalue weighted by molar-refractivity contribution is 8.00. The maximum atomic E-state index is 12.8. The number of hydrogen-bond donors (Lipinski definition) is 2. The number of nitrogens with two attached hydrogens (primary N) is 1. The van der Waals surface area contributed by atoms with E-state index in [-0.39, 0.29) is 17.0 Å². The van der Waals surface area contributed by atoms with E-state index >= 15 is 0 Å². The van der Waals surface area contributed by atoms with E-state index in [0.717, 1.165) is 11.3 Å². The van der Waals surface area contributed by atoms with Crippen LogP contribution in [0.15, 0.2) is 35.5 Å². The van der Waals surface area contributed by atoms with Crippen LogP contribution in [0.25, 0.3) is 0 Å². The van der Waals surface area contributed by atoms with Crippen molar-refractivity contribution in [2.24, 2.45) is 0 Å². The summed E-state index contributed by atoms with van der Waals surface area (Å²) in [5.74, 6) is -0.0555. The van der Waals surface area contributed by atoms with Crippen molar-refractivity contribution in [3.05, 3.63) is 47.4 Å². The number of nitrogens with one attached hydrogen (secondary N) is 1. The van der Waals surface area contributed by atoms with Crippen LogP contribution in [0.5, 0.6) is 0 Å². The third-order valence-electron chi connectivity index (χ3n) is 2.88. The molecule has 3 N–H and O–H groups in total. The van der Waals surface area contributed by atoms with Crippen LogP contribution >= 0.6 is 11.8 Å². The number of hydrogen-bond acceptors (Lipinski definition) is 5. The molecule has 2 rings (SSSR count). The van der Waals surface area contributed by atoms with Gasteiger partial charge in [0.25, 0.3) is 0 Å². The van der Waals surface area contributed by atoms with Gasteiger partial charge in [0.2, 0.25) is 5.91 Å². The van der Waals surface area contributed by atoms with E-state index in [1.165, 1.54) is 23.9 Å². The summed E-state index contributed by atoms with van der Waals surface area (Å²) in [7, 11) is 0. The van der Waals surface area contributed by atoms with Gasteiger partial charge in [0.05, 0.1) is 5.25 Å². The summed E-state index contributed by atoms with van der Waals surface area (Å²) < 4.78 is 12.8. The molecule has 0 saturated heterocycles. The van der Waals surface area contributed by atoms with Crippen LogP contribution in [0.4, 0.5) is 10.2 Å². The number of carbonyl (C=O) groups excluding carboxylic acids is 1. The molecule has 7 heteroatoms. The zero-order chi connectivity index (χ0) is 16.1.